The number of phenols is 1. The van der Waals surface area contributed by atoms with Gasteiger partial charge in [0.2, 0.25) is 0 Å². The Kier molecular flexibility index (Phi) is 5.12. The molecule has 1 aromatic rings. The summed E-state index contributed by atoms with van der Waals surface area (Å²) in [4.78, 5) is 0. The maximum Gasteiger partial charge on any atom is 0.115 e. The summed E-state index contributed by atoms with van der Waals surface area (Å²) in [5.41, 5.74) is 0.330. The fourth-order valence-corrected chi connectivity index (χ4v) is 2.23. The molecule has 0 aliphatic heterocycles. The molecular formula is C12H19NO2S. The third-order valence-corrected chi connectivity index (χ3v) is 3.11. The first-order chi connectivity index (χ1) is 7.53. The molecule has 0 fully saturated rings. The fourth-order valence-electron chi connectivity index (χ4n) is 1.50. The SMILES string of the molecule is CSCC(C)(O)CNCc1cccc(O)c1. The first kappa shape index (κ1) is 13.4. The van der Waals surface area contributed by atoms with Crippen molar-refractivity contribution in [3.8, 4) is 5.75 Å². The minimum atomic E-state index is -0.684. The van der Waals surface area contributed by atoms with E-state index in [1.165, 1.54) is 0 Å². The van der Waals surface area contributed by atoms with Crippen LogP contribution in [0.5, 0.6) is 5.75 Å². The first-order valence-electron chi connectivity index (χ1n) is 5.23. The highest BCUT2D eigenvalue weighted by molar-refractivity contribution is 7.98. The van der Waals surface area contributed by atoms with Gasteiger partial charge < -0.3 is 15.5 Å². The Morgan fingerprint density at radius 1 is 1.44 bits per heavy atom. The van der Waals surface area contributed by atoms with Gasteiger partial charge in [-0.1, -0.05) is 12.1 Å². The molecule has 0 aliphatic rings. The third kappa shape index (κ3) is 4.88. The van der Waals surface area contributed by atoms with E-state index in [1.54, 1.807) is 23.9 Å². The molecule has 1 atom stereocenters. The van der Waals surface area contributed by atoms with E-state index < -0.39 is 5.60 Å². The van der Waals surface area contributed by atoms with Crippen LogP contribution in [-0.2, 0) is 6.54 Å². The summed E-state index contributed by atoms with van der Waals surface area (Å²) < 4.78 is 0. The molecule has 1 aromatic carbocycles. The topological polar surface area (TPSA) is 52.5 Å². The van der Waals surface area contributed by atoms with Crippen molar-refractivity contribution in [2.75, 3.05) is 18.6 Å². The number of nitrogens with one attached hydrogen (secondary N) is 1. The minimum absolute atomic E-state index is 0.273. The molecule has 0 spiro atoms. The van der Waals surface area contributed by atoms with E-state index in [2.05, 4.69) is 5.32 Å². The highest BCUT2D eigenvalue weighted by Gasteiger charge is 2.18. The van der Waals surface area contributed by atoms with Crippen molar-refractivity contribution in [3.05, 3.63) is 29.8 Å². The molecular weight excluding hydrogens is 222 g/mol. The minimum Gasteiger partial charge on any atom is -0.508 e. The van der Waals surface area contributed by atoms with Gasteiger partial charge in [-0.25, -0.2) is 0 Å². The second kappa shape index (κ2) is 6.13. The molecule has 16 heavy (non-hydrogen) atoms. The number of aliphatic hydroxyl groups is 1. The standard InChI is InChI=1S/C12H19NO2S/c1-12(15,9-16-2)8-13-7-10-4-3-5-11(14)6-10/h3-6,13-15H,7-9H2,1-2H3. The van der Waals surface area contributed by atoms with Crippen LogP contribution in [0.25, 0.3) is 0 Å². The summed E-state index contributed by atoms with van der Waals surface area (Å²) in [7, 11) is 0. The largest absolute Gasteiger partial charge is 0.508 e. The second-order valence-electron chi connectivity index (χ2n) is 4.20. The average molecular weight is 241 g/mol. The molecule has 0 heterocycles. The van der Waals surface area contributed by atoms with Crippen molar-refractivity contribution in [2.24, 2.45) is 0 Å². The number of hydrogen-bond acceptors (Lipinski definition) is 4. The molecule has 0 aliphatic carbocycles. The first-order valence-corrected chi connectivity index (χ1v) is 6.63. The van der Waals surface area contributed by atoms with Crippen LogP contribution in [0.3, 0.4) is 0 Å². The van der Waals surface area contributed by atoms with Gasteiger partial charge >= 0.3 is 0 Å². The van der Waals surface area contributed by atoms with Gasteiger partial charge in [0.25, 0.3) is 0 Å². The van der Waals surface area contributed by atoms with Crippen LogP contribution >= 0.6 is 11.8 Å². The Labute approximate surface area is 101 Å². The molecule has 1 unspecified atom stereocenters. The van der Waals surface area contributed by atoms with Crippen LogP contribution in [0, 0.1) is 0 Å². The Bertz CT molecular complexity index is 329. The lowest BCUT2D eigenvalue weighted by molar-refractivity contribution is 0.0846. The maximum absolute atomic E-state index is 9.91. The van der Waals surface area contributed by atoms with Gasteiger partial charge in [0.05, 0.1) is 5.60 Å². The van der Waals surface area contributed by atoms with Crippen LogP contribution in [0.4, 0.5) is 0 Å². The molecule has 0 radical (unpaired) electrons. The highest BCUT2D eigenvalue weighted by Crippen LogP contribution is 2.12. The van der Waals surface area contributed by atoms with Crippen LogP contribution in [0.2, 0.25) is 0 Å². The van der Waals surface area contributed by atoms with Gasteiger partial charge in [0, 0.05) is 18.8 Å². The smallest absolute Gasteiger partial charge is 0.115 e. The molecule has 90 valence electrons. The van der Waals surface area contributed by atoms with Crippen molar-refractivity contribution < 1.29 is 10.2 Å². The molecule has 0 bridgehead atoms. The van der Waals surface area contributed by atoms with E-state index in [1.807, 2.05) is 25.3 Å². The lowest BCUT2D eigenvalue weighted by Gasteiger charge is -2.22. The molecule has 0 amide bonds. The van der Waals surface area contributed by atoms with Gasteiger partial charge in [-0.3, -0.25) is 0 Å². The molecule has 3 nitrogen and oxygen atoms in total. The normalized spacial score (nSPS) is 14.7. The molecule has 0 saturated carbocycles. The van der Waals surface area contributed by atoms with Crippen molar-refractivity contribution in [1.29, 1.82) is 0 Å². The molecule has 4 heteroatoms. The number of phenolic OH excluding ortho intramolecular Hbond substituents is 1. The number of rotatable bonds is 6. The van der Waals surface area contributed by atoms with Crippen molar-refractivity contribution in [3.63, 3.8) is 0 Å². The zero-order valence-electron chi connectivity index (χ0n) is 9.73. The Morgan fingerprint density at radius 2 is 2.19 bits per heavy atom. The van der Waals surface area contributed by atoms with Gasteiger partial charge in [0.1, 0.15) is 5.75 Å². The number of aromatic hydroxyl groups is 1. The van der Waals surface area contributed by atoms with Crippen LogP contribution in [0.15, 0.2) is 24.3 Å². The summed E-state index contributed by atoms with van der Waals surface area (Å²) in [6, 6.07) is 7.12. The number of hydrogen-bond donors (Lipinski definition) is 3. The van der Waals surface area contributed by atoms with E-state index in [0.29, 0.717) is 18.8 Å². The highest BCUT2D eigenvalue weighted by atomic mass is 32.2. The molecule has 0 aromatic heterocycles. The van der Waals surface area contributed by atoms with E-state index in [4.69, 9.17) is 0 Å². The summed E-state index contributed by atoms with van der Waals surface area (Å²) in [5.74, 6) is 0.982. The van der Waals surface area contributed by atoms with Gasteiger partial charge in [-0.15, -0.1) is 0 Å². The zero-order chi connectivity index (χ0) is 12.0. The van der Waals surface area contributed by atoms with Crippen LogP contribution in [-0.4, -0.2) is 34.4 Å². The predicted molar refractivity (Wildman–Crippen MR) is 68.8 cm³/mol. The Morgan fingerprint density at radius 3 is 2.81 bits per heavy atom. The monoisotopic (exact) mass is 241 g/mol. The Hall–Kier alpha value is -0.710. The van der Waals surface area contributed by atoms with E-state index in [-0.39, 0.29) is 5.75 Å². The average Bonchev–Trinajstić information content (AvgIpc) is 2.17. The van der Waals surface area contributed by atoms with Gasteiger partial charge in [-0.05, 0) is 30.9 Å². The summed E-state index contributed by atoms with van der Waals surface area (Å²) in [5, 5.41) is 22.4. The fraction of sp³-hybridized carbons (Fsp3) is 0.500. The molecule has 3 N–H and O–H groups in total. The maximum atomic E-state index is 9.91. The Balaban J connectivity index is 2.35. The van der Waals surface area contributed by atoms with Crippen molar-refractivity contribution in [2.45, 2.75) is 19.1 Å². The van der Waals surface area contributed by atoms with E-state index >= 15 is 0 Å². The van der Waals surface area contributed by atoms with Gasteiger partial charge in [-0.2, -0.15) is 11.8 Å². The van der Waals surface area contributed by atoms with Crippen LogP contribution < -0.4 is 5.32 Å². The van der Waals surface area contributed by atoms with Crippen LogP contribution in [0.1, 0.15) is 12.5 Å². The molecule has 1 rings (SSSR count). The third-order valence-electron chi connectivity index (χ3n) is 2.20. The summed E-state index contributed by atoms with van der Waals surface area (Å²) in [6.07, 6.45) is 1.98. The lowest BCUT2D eigenvalue weighted by Crippen LogP contribution is -2.39. The lowest BCUT2D eigenvalue weighted by atomic mass is 10.1. The zero-order valence-corrected chi connectivity index (χ0v) is 10.5. The van der Waals surface area contributed by atoms with E-state index in [0.717, 1.165) is 5.56 Å². The van der Waals surface area contributed by atoms with E-state index in [9.17, 15) is 10.2 Å². The molecule has 0 saturated heterocycles. The second-order valence-corrected chi connectivity index (χ2v) is 5.07. The quantitative estimate of drug-likeness (QED) is 0.708. The summed E-state index contributed by atoms with van der Waals surface area (Å²) >= 11 is 1.63. The summed E-state index contributed by atoms with van der Waals surface area (Å²) in [6.45, 7) is 3.02. The van der Waals surface area contributed by atoms with Crippen molar-refractivity contribution in [1.82, 2.24) is 5.32 Å². The van der Waals surface area contributed by atoms with Gasteiger partial charge in [0.15, 0.2) is 0 Å². The number of benzene rings is 1. The number of thioether (sulfide) groups is 1. The van der Waals surface area contributed by atoms with Crippen molar-refractivity contribution >= 4 is 11.8 Å². The predicted octanol–water partition coefficient (Wildman–Crippen LogP) is 1.60.